The number of aliphatic hydroxyl groups is 2. The normalized spacial score (nSPS) is 11.0. The Morgan fingerprint density at radius 1 is 1.19 bits per heavy atom. The zero-order valence-electron chi connectivity index (χ0n) is 11.2. The number of hydrogen-bond acceptors (Lipinski definition) is 7. The molecule has 0 spiro atoms. The molecule has 8 heteroatoms. The average molecular weight is 286 g/mol. The van der Waals surface area contributed by atoms with E-state index in [0.29, 0.717) is 23.0 Å². The number of fused-ring (bicyclic) bond motifs is 1. The number of aliphatic hydroxyl groups excluding tert-OH is 1. The molecule has 0 amide bonds. The second-order valence-corrected chi connectivity index (χ2v) is 4.33. The Labute approximate surface area is 120 Å². The van der Waals surface area contributed by atoms with Crippen molar-refractivity contribution in [3.8, 4) is 0 Å². The largest absolute Gasteiger partial charge is 0.385 e. The predicted octanol–water partition coefficient (Wildman–Crippen LogP) is 0.893. The number of rotatable bonds is 4. The fourth-order valence-corrected chi connectivity index (χ4v) is 1.97. The molecular weight excluding hydrogens is 272 g/mol. The smallest absolute Gasteiger partial charge is 0.197 e. The maximum Gasteiger partial charge on any atom is 0.197 e. The van der Waals surface area contributed by atoms with E-state index < -0.39 is 6.29 Å². The van der Waals surface area contributed by atoms with Crippen LogP contribution in [-0.2, 0) is 0 Å². The van der Waals surface area contributed by atoms with Gasteiger partial charge in [-0.2, -0.15) is 0 Å². The summed E-state index contributed by atoms with van der Waals surface area (Å²) in [6.07, 6.45) is 1.39. The van der Waals surface area contributed by atoms with Crippen molar-refractivity contribution in [1.29, 1.82) is 0 Å². The first-order chi connectivity index (χ1) is 10.2. The minimum Gasteiger partial charge on any atom is -0.385 e. The number of nitrogens with zero attached hydrogens (tertiary/aromatic N) is 4. The SMILES string of the molecule is CNc1cc(Nc2ccccn2)nn2c(C(O)O)cnc12. The fourth-order valence-electron chi connectivity index (χ4n) is 1.97. The highest BCUT2D eigenvalue weighted by Gasteiger charge is 2.15. The Bertz CT molecular complexity index is 756. The van der Waals surface area contributed by atoms with Gasteiger partial charge >= 0.3 is 0 Å². The molecule has 0 saturated carbocycles. The van der Waals surface area contributed by atoms with Crippen LogP contribution in [0.1, 0.15) is 12.0 Å². The lowest BCUT2D eigenvalue weighted by Gasteiger charge is -2.10. The zero-order valence-corrected chi connectivity index (χ0v) is 11.2. The number of hydrogen-bond donors (Lipinski definition) is 4. The molecule has 0 aliphatic rings. The molecule has 0 radical (unpaired) electrons. The fraction of sp³-hybridized carbons (Fsp3) is 0.154. The number of anilines is 3. The van der Waals surface area contributed by atoms with Crippen molar-refractivity contribution in [3.05, 3.63) is 42.4 Å². The van der Waals surface area contributed by atoms with Crippen LogP contribution in [0.25, 0.3) is 5.65 Å². The lowest BCUT2D eigenvalue weighted by Crippen LogP contribution is -2.07. The Morgan fingerprint density at radius 3 is 2.71 bits per heavy atom. The summed E-state index contributed by atoms with van der Waals surface area (Å²) < 4.78 is 1.38. The summed E-state index contributed by atoms with van der Waals surface area (Å²) in [5.74, 6) is 1.14. The third-order valence-corrected chi connectivity index (χ3v) is 2.95. The van der Waals surface area contributed by atoms with E-state index in [2.05, 4.69) is 25.7 Å². The molecule has 0 saturated heterocycles. The van der Waals surface area contributed by atoms with Crippen molar-refractivity contribution in [1.82, 2.24) is 19.6 Å². The van der Waals surface area contributed by atoms with E-state index in [1.165, 1.54) is 10.7 Å². The van der Waals surface area contributed by atoms with Gasteiger partial charge in [0.05, 0.1) is 11.9 Å². The molecule has 4 N–H and O–H groups in total. The molecule has 3 rings (SSSR count). The van der Waals surface area contributed by atoms with Crippen LogP contribution in [-0.4, -0.2) is 36.8 Å². The molecule has 3 aromatic heterocycles. The van der Waals surface area contributed by atoms with Crippen molar-refractivity contribution in [2.45, 2.75) is 6.29 Å². The van der Waals surface area contributed by atoms with E-state index in [4.69, 9.17) is 0 Å². The van der Waals surface area contributed by atoms with Gasteiger partial charge in [-0.15, -0.1) is 5.10 Å². The molecular formula is C13H14N6O2. The van der Waals surface area contributed by atoms with Crippen molar-refractivity contribution < 1.29 is 10.2 Å². The molecule has 3 aromatic rings. The van der Waals surface area contributed by atoms with E-state index in [0.717, 1.165) is 0 Å². The predicted molar refractivity (Wildman–Crippen MR) is 77.2 cm³/mol. The second-order valence-electron chi connectivity index (χ2n) is 4.33. The van der Waals surface area contributed by atoms with Gasteiger partial charge in [-0.3, -0.25) is 0 Å². The number of pyridine rings is 1. The molecule has 108 valence electrons. The first-order valence-corrected chi connectivity index (χ1v) is 6.29. The Morgan fingerprint density at radius 2 is 2.05 bits per heavy atom. The Kier molecular flexibility index (Phi) is 3.38. The Hall–Kier alpha value is -2.71. The summed E-state index contributed by atoms with van der Waals surface area (Å²) in [6.45, 7) is 0. The van der Waals surface area contributed by atoms with E-state index in [1.807, 2.05) is 12.1 Å². The highest BCUT2D eigenvalue weighted by Crippen LogP contribution is 2.23. The quantitative estimate of drug-likeness (QED) is 0.528. The third kappa shape index (κ3) is 2.49. The van der Waals surface area contributed by atoms with Gasteiger partial charge in [-0.1, -0.05) is 6.07 Å². The monoisotopic (exact) mass is 286 g/mol. The van der Waals surface area contributed by atoms with Gasteiger partial charge < -0.3 is 20.8 Å². The highest BCUT2D eigenvalue weighted by atomic mass is 16.5. The average Bonchev–Trinajstić information content (AvgIpc) is 2.91. The summed E-state index contributed by atoms with van der Waals surface area (Å²) >= 11 is 0. The first kappa shape index (κ1) is 13.3. The molecule has 0 aromatic carbocycles. The number of nitrogens with one attached hydrogen (secondary N) is 2. The molecule has 0 aliphatic carbocycles. The second kappa shape index (κ2) is 5.35. The molecule has 0 aliphatic heterocycles. The van der Waals surface area contributed by atoms with Gasteiger partial charge in [0.25, 0.3) is 0 Å². The van der Waals surface area contributed by atoms with Crippen LogP contribution in [0.2, 0.25) is 0 Å². The summed E-state index contributed by atoms with van der Waals surface area (Å²) in [7, 11) is 1.75. The van der Waals surface area contributed by atoms with Crippen molar-refractivity contribution >= 4 is 23.0 Å². The summed E-state index contributed by atoms with van der Waals surface area (Å²) in [5, 5.41) is 29.1. The molecule has 21 heavy (non-hydrogen) atoms. The van der Waals surface area contributed by atoms with Crippen LogP contribution in [0.15, 0.2) is 36.7 Å². The molecule has 0 bridgehead atoms. The minimum absolute atomic E-state index is 0.186. The van der Waals surface area contributed by atoms with Gasteiger partial charge in [-0.05, 0) is 12.1 Å². The molecule has 0 fully saturated rings. The third-order valence-electron chi connectivity index (χ3n) is 2.95. The standard InChI is InChI=1S/C13H14N6O2/c1-14-8-6-11(17-10-4-2-3-5-15-10)18-19-9(13(20)21)7-16-12(8)19/h2-7,13-14,20-21H,1H3,(H,15,17,18). The van der Waals surface area contributed by atoms with Crippen molar-refractivity contribution in [2.75, 3.05) is 17.7 Å². The van der Waals surface area contributed by atoms with Crippen molar-refractivity contribution in [2.24, 2.45) is 0 Å². The van der Waals surface area contributed by atoms with Crippen LogP contribution in [0.4, 0.5) is 17.3 Å². The maximum absolute atomic E-state index is 9.36. The Balaban J connectivity index is 2.09. The number of aromatic nitrogens is 4. The van der Waals surface area contributed by atoms with E-state index in [1.54, 1.807) is 25.4 Å². The highest BCUT2D eigenvalue weighted by molar-refractivity contribution is 5.71. The van der Waals surface area contributed by atoms with Crippen LogP contribution < -0.4 is 10.6 Å². The van der Waals surface area contributed by atoms with Gasteiger partial charge in [0, 0.05) is 19.3 Å². The molecule has 0 atom stereocenters. The minimum atomic E-state index is -1.65. The van der Waals surface area contributed by atoms with Crippen LogP contribution in [0, 0.1) is 0 Å². The number of imidazole rings is 1. The summed E-state index contributed by atoms with van der Waals surface area (Å²) in [5.41, 5.74) is 1.40. The van der Waals surface area contributed by atoms with E-state index in [9.17, 15) is 10.2 Å². The lowest BCUT2D eigenvalue weighted by molar-refractivity contribution is -0.0470. The molecule has 3 heterocycles. The van der Waals surface area contributed by atoms with Crippen molar-refractivity contribution in [3.63, 3.8) is 0 Å². The molecule has 0 unspecified atom stereocenters. The first-order valence-electron chi connectivity index (χ1n) is 6.29. The van der Waals surface area contributed by atoms with Crippen LogP contribution in [0.5, 0.6) is 0 Å². The van der Waals surface area contributed by atoms with Crippen LogP contribution >= 0.6 is 0 Å². The summed E-state index contributed by atoms with van der Waals surface area (Å²) in [4.78, 5) is 8.29. The van der Waals surface area contributed by atoms with E-state index in [-0.39, 0.29) is 5.69 Å². The zero-order chi connectivity index (χ0) is 14.8. The maximum atomic E-state index is 9.36. The van der Waals surface area contributed by atoms with E-state index >= 15 is 0 Å². The van der Waals surface area contributed by atoms with Gasteiger partial charge in [0.15, 0.2) is 17.8 Å². The lowest BCUT2D eigenvalue weighted by atomic mass is 10.4. The summed E-state index contributed by atoms with van der Waals surface area (Å²) in [6, 6.07) is 7.25. The van der Waals surface area contributed by atoms with Gasteiger partial charge in [0.1, 0.15) is 11.5 Å². The van der Waals surface area contributed by atoms with Gasteiger partial charge in [0.2, 0.25) is 0 Å². The van der Waals surface area contributed by atoms with Crippen LogP contribution in [0.3, 0.4) is 0 Å². The van der Waals surface area contributed by atoms with Gasteiger partial charge in [-0.25, -0.2) is 14.5 Å². The topological polar surface area (TPSA) is 108 Å². The molecule has 8 nitrogen and oxygen atoms in total.